The zero-order chi connectivity index (χ0) is 13.6. The van der Waals surface area contributed by atoms with Crippen molar-refractivity contribution in [2.45, 2.75) is 34.1 Å². The molecule has 1 saturated heterocycles. The fourth-order valence-corrected chi connectivity index (χ4v) is 2.62. The van der Waals surface area contributed by atoms with Gasteiger partial charge < -0.3 is 15.1 Å². The van der Waals surface area contributed by atoms with Gasteiger partial charge in [0.15, 0.2) is 0 Å². The third-order valence-corrected chi connectivity index (χ3v) is 3.62. The quantitative estimate of drug-likeness (QED) is 0.782. The fraction of sp³-hybridized carbons (Fsp3) is 1.00. The molecule has 1 fully saturated rings. The molecular weight excluding hydrogens is 222 g/mol. The molecule has 3 nitrogen and oxygen atoms in total. The van der Waals surface area contributed by atoms with E-state index in [-0.39, 0.29) is 0 Å². The van der Waals surface area contributed by atoms with E-state index < -0.39 is 0 Å². The Morgan fingerprint density at radius 2 is 1.83 bits per heavy atom. The summed E-state index contributed by atoms with van der Waals surface area (Å²) in [5.41, 5.74) is 0.373. The van der Waals surface area contributed by atoms with Gasteiger partial charge in [-0.05, 0) is 44.4 Å². The number of nitrogens with one attached hydrogen (secondary N) is 1. The monoisotopic (exact) mass is 255 g/mol. The minimum Gasteiger partial charge on any atom is -0.316 e. The van der Waals surface area contributed by atoms with E-state index in [0.717, 1.165) is 19.0 Å². The van der Waals surface area contributed by atoms with Crippen LogP contribution in [0.5, 0.6) is 0 Å². The highest BCUT2D eigenvalue weighted by molar-refractivity contribution is 4.78. The Balaban J connectivity index is 2.29. The van der Waals surface area contributed by atoms with E-state index in [4.69, 9.17) is 0 Å². The van der Waals surface area contributed by atoms with Crippen LogP contribution < -0.4 is 5.32 Å². The summed E-state index contributed by atoms with van der Waals surface area (Å²) in [7, 11) is 2.23. The summed E-state index contributed by atoms with van der Waals surface area (Å²) in [6.07, 6.45) is 1.31. The molecule has 0 radical (unpaired) electrons. The average Bonchev–Trinajstić information content (AvgIpc) is 2.42. The maximum absolute atomic E-state index is 3.60. The van der Waals surface area contributed by atoms with Gasteiger partial charge >= 0.3 is 0 Å². The first-order valence-corrected chi connectivity index (χ1v) is 7.51. The Kier molecular flexibility index (Phi) is 6.61. The van der Waals surface area contributed by atoms with E-state index in [1.807, 2.05) is 0 Å². The molecule has 18 heavy (non-hydrogen) atoms. The number of likely N-dealkylation sites (N-methyl/N-ethyl adjacent to an activating group) is 1. The topological polar surface area (TPSA) is 18.5 Å². The summed E-state index contributed by atoms with van der Waals surface area (Å²) < 4.78 is 0. The van der Waals surface area contributed by atoms with E-state index in [0.29, 0.717) is 5.41 Å². The van der Waals surface area contributed by atoms with Crippen molar-refractivity contribution in [1.82, 2.24) is 15.1 Å². The molecule has 1 rings (SSSR count). The van der Waals surface area contributed by atoms with Gasteiger partial charge in [-0.2, -0.15) is 0 Å². The van der Waals surface area contributed by atoms with Crippen LogP contribution >= 0.6 is 0 Å². The summed E-state index contributed by atoms with van der Waals surface area (Å²) in [5, 5.41) is 3.60. The lowest BCUT2D eigenvalue weighted by atomic mass is 9.92. The third-order valence-electron chi connectivity index (χ3n) is 3.62. The van der Waals surface area contributed by atoms with Crippen molar-refractivity contribution in [2.75, 3.05) is 52.9 Å². The molecule has 3 heteroatoms. The highest BCUT2D eigenvalue weighted by atomic mass is 15.2. The normalized spacial score (nSPS) is 20.3. The maximum atomic E-state index is 3.60. The zero-order valence-electron chi connectivity index (χ0n) is 13.1. The van der Waals surface area contributed by atoms with Gasteiger partial charge in [0.2, 0.25) is 0 Å². The van der Waals surface area contributed by atoms with Crippen LogP contribution in [0.3, 0.4) is 0 Å². The summed E-state index contributed by atoms with van der Waals surface area (Å²) in [6.45, 7) is 17.7. The van der Waals surface area contributed by atoms with Crippen molar-refractivity contribution in [3.63, 3.8) is 0 Å². The van der Waals surface area contributed by atoms with Gasteiger partial charge in [0.25, 0.3) is 0 Å². The first kappa shape index (κ1) is 15.9. The molecule has 1 aliphatic rings. The van der Waals surface area contributed by atoms with Crippen molar-refractivity contribution in [3.8, 4) is 0 Å². The van der Waals surface area contributed by atoms with Crippen LogP contribution in [0.25, 0.3) is 0 Å². The molecule has 0 aromatic rings. The molecule has 108 valence electrons. The molecule has 1 N–H and O–H groups in total. The van der Waals surface area contributed by atoms with Crippen molar-refractivity contribution >= 4 is 0 Å². The lowest BCUT2D eigenvalue weighted by Crippen LogP contribution is -2.42. The highest BCUT2D eigenvalue weighted by Crippen LogP contribution is 2.17. The van der Waals surface area contributed by atoms with Crippen LogP contribution in [0.4, 0.5) is 0 Å². The smallest absolute Gasteiger partial charge is 0.0109 e. The summed E-state index contributed by atoms with van der Waals surface area (Å²) in [6, 6.07) is 0. The lowest BCUT2D eigenvalue weighted by Gasteiger charge is -2.32. The number of hydrogen-bond donors (Lipinski definition) is 1. The molecule has 1 aliphatic heterocycles. The van der Waals surface area contributed by atoms with E-state index in [1.165, 1.54) is 39.1 Å². The van der Waals surface area contributed by atoms with Crippen molar-refractivity contribution in [2.24, 2.45) is 11.3 Å². The Labute approximate surface area is 114 Å². The predicted octanol–water partition coefficient (Wildman–Crippen LogP) is 1.90. The summed E-state index contributed by atoms with van der Waals surface area (Å²) in [5.74, 6) is 0.743. The Hall–Kier alpha value is -0.120. The van der Waals surface area contributed by atoms with E-state index >= 15 is 0 Å². The molecule has 0 aliphatic carbocycles. The largest absolute Gasteiger partial charge is 0.316 e. The third kappa shape index (κ3) is 6.72. The molecule has 0 unspecified atom stereocenters. The van der Waals surface area contributed by atoms with Crippen molar-refractivity contribution < 1.29 is 0 Å². The number of hydrogen-bond acceptors (Lipinski definition) is 3. The Morgan fingerprint density at radius 1 is 1.11 bits per heavy atom. The van der Waals surface area contributed by atoms with Crippen LogP contribution in [-0.4, -0.2) is 62.7 Å². The van der Waals surface area contributed by atoms with Gasteiger partial charge in [-0.15, -0.1) is 0 Å². The van der Waals surface area contributed by atoms with Crippen molar-refractivity contribution in [1.29, 1.82) is 0 Å². The first-order chi connectivity index (χ1) is 8.39. The van der Waals surface area contributed by atoms with Crippen LogP contribution in [0.2, 0.25) is 0 Å². The van der Waals surface area contributed by atoms with E-state index in [1.54, 1.807) is 0 Å². The SMILES string of the molecule is CC(C)CNCC(C)(C)CN1CCCN(C)CC1. The second-order valence-electron chi connectivity index (χ2n) is 7.12. The Bertz CT molecular complexity index is 226. The average molecular weight is 255 g/mol. The molecule has 0 spiro atoms. The molecule has 0 atom stereocenters. The molecule has 0 bridgehead atoms. The minimum atomic E-state index is 0.373. The van der Waals surface area contributed by atoms with Gasteiger partial charge in [0, 0.05) is 26.2 Å². The van der Waals surface area contributed by atoms with Gasteiger partial charge in [-0.3, -0.25) is 0 Å². The van der Waals surface area contributed by atoms with Crippen LogP contribution in [-0.2, 0) is 0 Å². The predicted molar refractivity (Wildman–Crippen MR) is 80.0 cm³/mol. The van der Waals surface area contributed by atoms with Crippen molar-refractivity contribution in [3.05, 3.63) is 0 Å². The van der Waals surface area contributed by atoms with Crippen LogP contribution in [0.1, 0.15) is 34.1 Å². The Morgan fingerprint density at radius 3 is 2.50 bits per heavy atom. The van der Waals surface area contributed by atoms with Gasteiger partial charge in [0.05, 0.1) is 0 Å². The summed E-state index contributed by atoms with van der Waals surface area (Å²) in [4.78, 5) is 5.09. The molecule has 0 aromatic heterocycles. The minimum absolute atomic E-state index is 0.373. The number of rotatable bonds is 6. The summed E-state index contributed by atoms with van der Waals surface area (Å²) >= 11 is 0. The van der Waals surface area contributed by atoms with Gasteiger partial charge in [-0.25, -0.2) is 0 Å². The second kappa shape index (κ2) is 7.46. The molecule has 0 aromatic carbocycles. The fourth-order valence-electron chi connectivity index (χ4n) is 2.62. The second-order valence-corrected chi connectivity index (χ2v) is 7.12. The standard InChI is InChI=1S/C15H33N3/c1-14(2)11-16-12-15(3,4)13-18-8-6-7-17(5)9-10-18/h14,16H,6-13H2,1-5H3. The molecule has 1 heterocycles. The zero-order valence-corrected chi connectivity index (χ0v) is 13.1. The van der Waals surface area contributed by atoms with E-state index in [9.17, 15) is 0 Å². The molecule has 0 saturated carbocycles. The maximum Gasteiger partial charge on any atom is 0.0109 e. The van der Waals surface area contributed by atoms with Crippen LogP contribution in [0, 0.1) is 11.3 Å². The number of nitrogens with zero attached hydrogens (tertiary/aromatic N) is 2. The lowest BCUT2D eigenvalue weighted by molar-refractivity contribution is 0.177. The van der Waals surface area contributed by atoms with Crippen LogP contribution in [0.15, 0.2) is 0 Å². The molecule has 0 amide bonds. The van der Waals surface area contributed by atoms with Gasteiger partial charge in [-0.1, -0.05) is 27.7 Å². The molecular formula is C15H33N3. The van der Waals surface area contributed by atoms with Gasteiger partial charge in [0.1, 0.15) is 0 Å². The highest BCUT2D eigenvalue weighted by Gasteiger charge is 2.22. The van der Waals surface area contributed by atoms with E-state index in [2.05, 4.69) is 49.9 Å². The first-order valence-electron chi connectivity index (χ1n) is 7.51.